The maximum Gasteiger partial charge on any atom is 0.368 e. The summed E-state index contributed by atoms with van der Waals surface area (Å²) in [5, 5.41) is 7.80. The lowest BCUT2D eigenvalue weighted by atomic mass is 10.0. The van der Waals surface area contributed by atoms with E-state index in [2.05, 4.69) is 47.5 Å². The molecule has 0 aliphatic carbocycles. The van der Waals surface area contributed by atoms with Gasteiger partial charge in [-0.15, -0.1) is 0 Å². The molecule has 164 valence electrons. The van der Waals surface area contributed by atoms with E-state index >= 15 is 0 Å². The Morgan fingerprint density at radius 2 is 1.75 bits per heavy atom. The monoisotopic (exact) mass is 429 g/mol. The van der Waals surface area contributed by atoms with Crippen molar-refractivity contribution >= 4 is 0 Å². The summed E-state index contributed by atoms with van der Waals surface area (Å²) in [5.74, 6) is 1.20. The van der Waals surface area contributed by atoms with Crippen LogP contribution in [0.5, 0.6) is 5.75 Å². The predicted octanol–water partition coefficient (Wildman–Crippen LogP) is 4.35. The molecule has 0 fully saturated rings. The highest BCUT2D eigenvalue weighted by atomic mass is 16.5. The number of aryl methyl sites for hydroxylation is 3. The Morgan fingerprint density at radius 3 is 2.38 bits per heavy atom. The minimum Gasteiger partial charge on any atom is -0.489 e. The van der Waals surface area contributed by atoms with Crippen molar-refractivity contribution in [3.8, 4) is 22.6 Å². The molecule has 0 aliphatic heterocycles. The van der Waals surface area contributed by atoms with Gasteiger partial charge in [-0.3, -0.25) is 4.98 Å². The Morgan fingerprint density at radius 1 is 0.969 bits per heavy atom. The van der Waals surface area contributed by atoms with Crippen LogP contribution in [0.1, 0.15) is 42.1 Å². The molecule has 7 heteroatoms. The second-order valence-corrected chi connectivity index (χ2v) is 8.26. The first-order valence-corrected chi connectivity index (χ1v) is 10.6. The first kappa shape index (κ1) is 21.5. The minimum absolute atomic E-state index is 0.297. The van der Waals surface area contributed by atoms with Crippen molar-refractivity contribution < 1.29 is 4.74 Å². The number of nitrogens with zero attached hydrogens (tertiary/aromatic N) is 5. The van der Waals surface area contributed by atoms with Gasteiger partial charge in [-0.05, 0) is 71.1 Å². The van der Waals surface area contributed by atoms with Gasteiger partial charge < -0.3 is 4.74 Å². The summed E-state index contributed by atoms with van der Waals surface area (Å²) in [5.41, 5.74) is 6.58. The number of benzene rings is 2. The van der Waals surface area contributed by atoms with Crippen LogP contribution in [-0.2, 0) is 13.7 Å². The maximum absolute atomic E-state index is 12.3. The van der Waals surface area contributed by atoms with Gasteiger partial charge in [0, 0.05) is 30.1 Å². The van der Waals surface area contributed by atoms with E-state index in [9.17, 15) is 4.79 Å². The molecule has 0 spiro atoms. The van der Waals surface area contributed by atoms with Gasteiger partial charge in [-0.1, -0.05) is 38.1 Å². The average Bonchev–Trinajstić information content (AvgIpc) is 3.11. The molecule has 0 N–H and O–H groups in total. The molecule has 4 rings (SSSR count). The van der Waals surface area contributed by atoms with Crippen LogP contribution in [0.15, 0.2) is 59.5 Å². The normalized spacial score (nSPS) is 11.2. The summed E-state index contributed by atoms with van der Waals surface area (Å²) in [6.07, 6.45) is 1.92. The summed E-state index contributed by atoms with van der Waals surface area (Å²) >= 11 is 0. The summed E-state index contributed by atoms with van der Waals surface area (Å²) in [6.45, 7) is 8.61. The van der Waals surface area contributed by atoms with E-state index in [0.717, 1.165) is 39.3 Å². The summed E-state index contributed by atoms with van der Waals surface area (Å²) < 4.78 is 8.68. The number of pyridine rings is 1. The van der Waals surface area contributed by atoms with Crippen LogP contribution in [0.3, 0.4) is 0 Å². The van der Waals surface area contributed by atoms with Gasteiger partial charge in [0.15, 0.2) is 0 Å². The Balaban J connectivity index is 1.57. The maximum atomic E-state index is 12.3. The average molecular weight is 430 g/mol. The van der Waals surface area contributed by atoms with E-state index in [-0.39, 0.29) is 5.69 Å². The van der Waals surface area contributed by atoms with Gasteiger partial charge in [-0.2, -0.15) is 9.36 Å². The summed E-state index contributed by atoms with van der Waals surface area (Å²) in [4.78, 5) is 16.9. The lowest BCUT2D eigenvalue weighted by Crippen LogP contribution is -2.23. The first-order chi connectivity index (χ1) is 15.3. The van der Waals surface area contributed by atoms with Gasteiger partial charge in [0.2, 0.25) is 0 Å². The van der Waals surface area contributed by atoms with E-state index < -0.39 is 0 Å². The standard InChI is InChI=1S/C25H27N5O2/c1-16(2)22-11-9-20(14-26-22)19-10-12-24(18(4)13-19)32-15-21-17(3)7-6-8-23(21)30-25(31)29(5)27-28-30/h6-14,16H,15H2,1-5H3. The van der Waals surface area contributed by atoms with Crippen LogP contribution in [0.2, 0.25) is 0 Å². The summed E-state index contributed by atoms with van der Waals surface area (Å²) in [7, 11) is 1.58. The van der Waals surface area contributed by atoms with Crippen molar-refractivity contribution in [3.05, 3.63) is 87.6 Å². The highest BCUT2D eigenvalue weighted by Crippen LogP contribution is 2.28. The lowest BCUT2D eigenvalue weighted by Gasteiger charge is -2.15. The van der Waals surface area contributed by atoms with Crippen molar-refractivity contribution in [2.75, 3.05) is 0 Å². The van der Waals surface area contributed by atoms with Gasteiger partial charge in [0.1, 0.15) is 12.4 Å². The molecule has 2 aromatic heterocycles. The van der Waals surface area contributed by atoms with Crippen LogP contribution >= 0.6 is 0 Å². The molecule has 0 radical (unpaired) electrons. The van der Waals surface area contributed by atoms with Crippen molar-refractivity contribution in [1.82, 2.24) is 24.8 Å². The van der Waals surface area contributed by atoms with Crippen molar-refractivity contribution in [3.63, 3.8) is 0 Å². The summed E-state index contributed by atoms with van der Waals surface area (Å²) in [6, 6.07) is 16.1. The number of hydrogen-bond acceptors (Lipinski definition) is 5. The van der Waals surface area contributed by atoms with Crippen molar-refractivity contribution in [2.45, 2.75) is 40.2 Å². The fourth-order valence-electron chi connectivity index (χ4n) is 3.60. The second kappa shape index (κ2) is 8.78. The topological polar surface area (TPSA) is 74.8 Å². The Labute approximate surface area is 187 Å². The quantitative estimate of drug-likeness (QED) is 0.456. The predicted molar refractivity (Wildman–Crippen MR) is 124 cm³/mol. The molecule has 2 heterocycles. The zero-order valence-electron chi connectivity index (χ0n) is 19.0. The largest absolute Gasteiger partial charge is 0.489 e. The molecule has 32 heavy (non-hydrogen) atoms. The van der Waals surface area contributed by atoms with Gasteiger partial charge in [0.05, 0.1) is 5.69 Å². The molecule has 0 aliphatic rings. The fourth-order valence-corrected chi connectivity index (χ4v) is 3.60. The van der Waals surface area contributed by atoms with Crippen molar-refractivity contribution in [1.29, 1.82) is 0 Å². The lowest BCUT2D eigenvalue weighted by molar-refractivity contribution is 0.302. The van der Waals surface area contributed by atoms with Crippen LogP contribution in [0, 0.1) is 13.8 Å². The molecular formula is C25H27N5O2. The first-order valence-electron chi connectivity index (χ1n) is 10.6. The molecule has 0 saturated heterocycles. The minimum atomic E-state index is -0.297. The smallest absolute Gasteiger partial charge is 0.368 e. The molecule has 0 bridgehead atoms. The third-order valence-electron chi connectivity index (χ3n) is 5.59. The zero-order chi connectivity index (χ0) is 22.8. The van der Waals surface area contributed by atoms with Gasteiger partial charge >= 0.3 is 5.69 Å². The number of aromatic nitrogens is 5. The molecule has 7 nitrogen and oxygen atoms in total. The van der Waals surface area contributed by atoms with Crippen LogP contribution in [-0.4, -0.2) is 24.8 Å². The third kappa shape index (κ3) is 4.19. The SMILES string of the molecule is Cc1cc(-c2ccc(C(C)C)nc2)ccc1OCc1c(C)cccc1-n1nnn(C)c1=O. The Bertz CT molecular complexity index is 1300. The molecule has 0 atom stereocenters. The molecule has 0 unspecified atom stereocenters. The van der Waals surface area contributed by atoms with Crippen LogP contribution in [0.4, 0.5) is 0 Å². The van der Waals surface area contributed by atoms with Crippen LogP contribution in [0.25, 0.3) is 16.8 Å². The molecular weight excluding hydrogens is 402 g/mol. The van der Waals surface area contributed by atoms with E-state index in [1.165, 1.54) is 9.36 Å². The molecule has 2 aromatic carbocycles. The molecule has 4 aromatic rings. The number of ether oxygens (including phenoxy) is 1. The fraction of sp³-hybridized carbons (Fsp3) is 0.280. The molecule has 0 amide bonds. The van der Waals surface area contributed by atoms with E-state index in [1.807, 2.05) is 50.4 Å². The second-order valence-electron chi connectivity index (χ2n) is 8.26. The zero-order valence-corrected chi connectivity index (χ0v) is 19.0. The third-order valence-corrected chi connectivity index (χ3v) is 5.59. The van der Waals surface area contributed by atoms with Gasteiger partial charge in [0.25, 0.3) is 0 Å². The van der Waals surface area contributed by atoms with Crippen molar-refractivity contribution in [2.24, 2.45) is 7.05 Å². The number of tetrazole rings is 1. The number of hydrogen-bond donors (Lipinski definition) is 0. The van der Waals surface area contributed by atoms with E-state index in [4.69, 9.17) is 4.74 Å². The van der Waals surface area contributed by atoms with Gasteiger partial charge in [-0.25, -0.2) is 4.79 Å². The van der Waals surface area contributed by atoms with Crippen LogP contribution < -0.4 is 10.4 Å². The highest BCUT2D eigenvalue weighted by molar-refractivity contribution is 5.65. The Hall–Kier alpha value is -3.74. The Kier molecular flexibility index (Phi) is 5.90. The highest BCUT2D eigenvalue weighted by Gasteiger charge is 2.14. The van der Waals surface area contributed by atoms with E-state index in [0.29, 0.717) is 18.2 Å². The van der Waals surface area contributed by atoms with E-state index in [1.54, 1.807) is 7.05 Å². The molecule has 0 saturated carbocycles. The number of rotatable bonds is 6.